The highest BCUT2D eigenvalue weighted by Gasteiger charge is 2.23. The van der Waals surface area contributed by atoms with Gasteiger partial charge in [0.1, 0.15) is 6.04 Å². The summed E-state index contributed by atoms with van der Waals surface area (Å²) in [6.07, 6.45) is 0. The third-order valence-corrected chi connectivity index (χ3v) is 4.14. The van der Waals surface area contributed by atoms with Crippen molar-refractivity contribution in [3.05, 3.63) is 16.1 Å². The molecule has 1 unspecified atom stereocenters. The number of ether oxygens (including phenoxy) is 1. The molecule has 0 aromatic carbocycles. The zero-order valence-electron chi connectivity index (χ0n) is 12.6. The molecule has 0 aliphatic rings. The Hall–Kier alpha value is -0.940. The Morgan fingerprint density at radius 3 is 2.53 bits per heavy atom. The summed E-state index contributed by atoms with van der Waals surface area (Å²) in [6, 6.07) is -0.287. The minimum Gasteiger partial charge on any atom is -0.468 e. The Balaban J connectivity index is 2.65. The molecule has 5 heteroatoms. The SMILES string of the molecule is COC(=O)C(NCc1csc(C(C)(C)C)n1)C(C)C. The fraction of sp³-hybridized carbons (Fsp3) is 0.714. The third kappa shape index (κ3) is 4.58. The van der Waals surface area contributed by atoms with Crippen LogP contribution in [0, 0.1) is 5.92 Å². The van der Waals surface area contributed by atoms with Crippen LogP contribution in [0.25, 0.3) is 0 Å². The van der Waals surface area contributed by atoms with Crippen molar-refractivity contribution in [2.24, 2.45) is 5.92 Å². The number of aromatic nitrogens is 1. The number of nitrogens with zero attached hydrogens (tertiary/aromatic N) is 1. The first-order chi connectivity index (χ1) is 8.75. The predicted octanol–water partition coefficient (Wildman–Crippen LogP) is 2.73. The van der Waals surface area contributed by atoms with Gasteiger partial charge in [0.2, 0.25) is 0 Å². The molecule has 1 rings (SSSR count). The summed E-state index contributed by atoms with van der Waals surface area (Å²) >= 11 is 1.66. The summed E-state index contributed by atoms with van der Waals surface area (Å²) < 4.78 is 4.80. The zero-order chi connectivity index (χ0) is 14.6. The quantitative estimate of drug-likeness (QED) is 0.845. The molecule has 0 radical (unpaired) electrons. The molecule has 0 aliphatic heterocycles. The maximum atomic E-state index is 11.6. The molecule has 0 amide bonds. The van der Waals surface area contributed by atoms with Gasteiger partial charge in [-0.25, -0.2) is 4.98 Å². The highest BCUT2D eigenvalue weighted by Crippen LogP contribution is 2.25. The molecule has 108 valence electrons. The van der Waals surface area contributed by atoms with Crippen LogP contribution in [0.4, 0.5) is 0 Å². The highest BCUT2D eigenvalue weighted by atomic mass is 32.1. The maximum absolute atomic E-state index is 11.6. The number of esters is 1. The standard InChI is InChI=1S/C14H24N2O2S/c1-9(2)11(12(17)18-6)15-7-10-8-19-13(16-10)14(3,4)5/h8-9,11,15H,7H2,1-6H3. The number of nitrogens with one attached hydrogen (secondary N) is 1. The van der Waals surface area contributed by atoms with E-state index in [1.807, 2.05) is 19.2 Å². The molecule has 0 saturated carbocycles. The van der Waals surface area contributed by atoms with E-state index in [-0.39, 0.29) is 23.3 Å². The number of hydrogen-bond acceptors (Lipinski definition) is 5. The van der Waals surface area contributed by atoms with Gasteiger partial charge in [-0.15, -0.1) is 11.3 Å². The van der Waals surface area contributed by atoms with Crippen LogP contribution in [0.1, 0.15) is 45.3 Å². The van der Waals surface area contributed by atoms with Gasteiger partial charge in [-0.05, 0) is 5.92 Å². The van der Waals surface area contributed by atoms with Gasteiger partial charge in [0.15, 0.2) is 0 Å². The molecule has 1 N–H and O–H groups in total. The van der Waals surface area contributed by atoms with Crippen molar-refractivity contribution in [2.45, 2.75) is 52.6 Å². The second kappa shape index (κ2) is 6.48. The third-order valence-electron chi connectivity index (χ3n) is 2.82. The molecule has 0 aliphatic carbocycles. The number of methoxy groups -OCH3 is 1. The van der Waals surface area contributed by atoms with Crippen LogP contribution in [0.15, 0.2) is 5.38 Å². The Morgan fingerprint density at radius 1 is 1.47 bits per heavy atom. The molecule has 1 aromatic rings. The van der Waals surface area contributed by atoms with E-state index in [0.717, 1.165) is 10.7 Å². The molecular weight excluding hydrogens is 260 g/mol. The van der Waals surface area contributed by atoms with Crippen LogP contribution < -0.4 is 5.32 Å². The van der Waals surface area contributed by atoms with E-state index >= 15 is 0 Å². The Morgan fingerprint density at radius 2 is 2.11 bits per heavy atom. The lowest BCUT2D eigenvalue weighted by Gasteiger charge is -2.19. The Labute approximate surface area is 119 Å². The predicted molar refractivity (Wildman–Crippen MR) is 78.3 cm³/mol. The molecular formula is C14H24N2O2S. The van der Waals surface area contributed by atoms with Crippen LogP contribution in [0.2, 0.25) is 0 Å². The van der Waals surface area contributed by atoms with Crippen LogP contribution in [0.3, 0.4) is 0 Å². The normalized spacial score (nSPS) is 13.6. The summed E-state index contributed by atoms with van der Waals surface area (Å²) in [5.74, 6) is -0.0329. The summed E-state index contributed by atoms with van der Waals surface area (Å²) in [4.78, 5) is 16.2. The average Bonchev–Trinajstić information content (AvgIpc) is 2.76. The molecule has 0 spiro atoms. The fourth-order valence-electron chi connectivity index (χ4n) is 1.67. The van der Waals surface area contributed by atoms with Crippen LogP contribution in [-0.4, -0.2) is 24.1 Å². The molecule has 4 nitrogen and oxygen atoms in total. The number of carbonyl (C=O) groups is 1. The lowest BCUT2D eigenvalue weighted by atomic mass is 9.98. The molecule has 19 heavy (non-hydrogen) atoms. The van der Waals surface area contributed by atoms with E-state index in [4.69, 9.17) is 4.74 Å². The number of thiazole rings is 1. The minimum atomic E-state index is -0.287. The van der Waals surface area contributed by atoms with Crippen molar-refractivity contribution in [1.82, 2.24) is 10.3 Å². The maximum Gasteiger partial charge on any atom is 0.323 e. The first kappa shape index (κ1) is 16.1. The molecule has 1 atom stereocenters. The van der Waals surface area contributed by atoms with E-state index in [2.05, 4.69) is 31.1 Å². The molecule has 0 fully saturated rings. The highest BCUT2D eigenvalue weighted by molar-refractivity contribution is 7.09. The lowest BCUT2D eigenvalue weighted by molar-refractivity contribution is -0.144. The second-order valence-corrected chi connectivity index (χ2v) is 6.88. The van der Waals surface area contributed by atoms with Crippen molar-refractivity contribution in [1.29, 1.82) is 0 Å². The summed E-state index contributed by atoms with van der Waals surface area (Å²) in [5.41, 5.74) is 1.05. The Kier molecular flexibility index (Phi) is 5.50. The minimum absolute atomic E-state index is 0.0721. The summed E-state index contributed by atoms with van der Waals surface area (Å²) in [6.45, 7) is 11.0. The van der Waals surface area contributed by atoms with Crippen molar-refractivity contribution in [2.75, 3.05) is 7.11 Å². The van der Waals surface area contributed by atoms with Crippen LogP contribution >= 0.6 is 11.3 Å². The number of carbonyl (C=O) groups excluding carboxylic acids is 1. The fourth-order valence-corrected chi connectivity index (χ4v) is 2.57. The second-order valence-electron chi connectivity index (χ2n) is 6.02. The number of hydrogen-bond donors (Lipinski definition) is 1. The van der Waals surface area contributed by atoms with Gasteiger partial charge >= 0.3 is 5.97 Å². The summed E-state index contributed by atoms with van der Waals surface area (Å²) in [7, 11) is 1.42. The summed E-state index contributed by atoms with van der Waals surface area (Å²) in [5, 5.41) is 6.38. The van der Waals surface area contributed by atoms with E-state index in [0.29, 0.717) is 6.54 Å². The van der Waals surface area contributed by atoms with Gasteiger partial charge in [0.05, 0.1) is 17.8 Å². The van der Waals surface area contributed by atoms with Gasteiger partial charge in [-0.2, -0.15) is 0 Å². The van der Waals surface area contributed by atoms with Crippen molar-refractivity contribution in [3.63, 3.8) is 0 Å². The average molecular weight is 284 g/mol. The van der Waals surface area contributed by atoms with Gasteiger partial charge in [0, 0.05) is 17.3 Å². The van der Waals surface area contributed by atoms with Gasteiger partial charge in [-0.3, -0.25) is 10.1 Å². The monoisotopic (exact) mass is 284 g/mol. The molecule has 0 saturated heterocycles. The molecule has 1 aromatic heterocycles. The van der Waals surface area contributed by atoms with E-state index in [1.165, 1.54) is 7.11 Å². The first-order valence-electron chi connectivity index (χ1n) is 6.51. The van der Waals surface area contributed by atoms with Crippen molar-refractivity contribution < 1.29 is 9.53 Å². The van der Waals surface area contributed by atoms with E-state index in [9.17, 15) is 4.79 Å². The lowest BCUT2D eigenvalue weighted by Crippen LogP contribution is -2.41. The van der Waals surface area contributed by atoms with Gasteiger partial charge in [0.25, 0.3) is 0 Å². The first-order valence-corrected chi connectivity index (χ1v) is 7.39. The van der Waals surface area contributed by atoms with Crippen LogP contribution in [-0.2, 0) is 21.5 Å². The van der Waals surface area contributed by atoms with Crippen molar-refractivity contribution >= 4 is 17.3 Å². The molecule has 1 heterocycles. The van der Waals surface area contributed by atoms with E-state index in [1.54, 1.807) is 11.3 Å². The van der Waals surface area contributed by atoms with E-state index < -0.39 is 0 Å². The van der Waals surface area contributed by atoms with Gasteiger partial charge in [-0.1, -0.05) is 34.6 Å². The molecule has 0 bridgehead atoms. The zero-order valence-corrected chi connectivity index (χ0v) is 13.4. The Bertz CT molecular complexity index is 421. The van der Waals surface area contributed by atoms with Gasteiger partial charge < -0.3 is 4.74 Å². The topological polar surface area (TPSA) is 51.2 Å². The van der Waals surface area contributed by atoms with Crippen molar-refractivity contribution in [3.8, 4) is 0 Å². The van der Waals surface area contributed by atoms with Crippen LogP contribution in [0.5, 0.6) is 0 Å². The number of rotatable bonds is 5. The largest absolute Gasteiger partial charge is 0.468 e. The smallest absolute Gasteiger partial charge is 0.323 e.